The predicted octanol–water partition coefficient (Wildman–Crippen LogP) is 1.35. The number of hydrogen-bond acceptors (Lipinski definition) is 5. The molecule has 2 aliphatic heterocycles. The monoisotopic (exact) mass is 419 g/mol. The van der Waals surface area contributed by atoms with Gasteiger partial charge in [-0.3, -0.25) is 14.4 Å². The smallest absolute Gasteiger partial charge is 0.276 e. The largest absolute Gasteiger partial charge is 0.503 e. The summed E-state index contributed by atoms with van der Waals surface area (Å²) in [6, 6.07) is 3.05. The van der Waals surface area contributed by atoms with Gasteiger partial charge in [-0.2, -0.15) is 0 Å². The number of aromatic hydroxyl groups is 1. The van der Waals surface area contributed by atoms with E-state index in [0.29, 0.717) is 18.6 Å². The molecule has 30 heavy (non-hydrogen) atoms. The number of rotatable bonds is 3. The average Bonchev–Trinajstić information content (AvgIpc) is 2.71. The number of benzene rings is 1. The van der Waals surface area contributed by atoms with Gasteiger partial charge in [-0.05, 0) is 31.0 Å². The number of carbonyl (C=O) groups excluding carboxylic acids is 2. The van der Waals surface area contributed by atoms with Gasteiger partial charge in [0.05, 0.1) is 13.2 Å². The molecule has 1 fully saturated rings. The van der Waals surface area contributed by atoms with Crippen molar-refractivity contribution in [2.24, 2.45) is 0 Å². The number of amides is 2. The Morgan fingerprint density at radius 1 is 1.30 bits per heavy atom. The van der Waals surface area contributed by atoms with Crippen LogP contribution in [0, 0.1) is 11.6 Å². The molecule has 4 rings (SSSR count). The van der Waals surface area contributed by atoms with Gasteiger partial charge < -0.3 is 24.6 Å². The fourth-order valence-electron chi connectivity index (χ4n) is 3.75. The maximum Gasteiger partial charge on any atom is 0.276 e. The number of hydrogen-bond donors (Lipinski definition) is 2. The zero-order chi connectivity index (χ0) is 21.6. The second-order valence-electron chi connectivity index (χ2n) is 7.33. The summed E-state index contributed by atoms with van der Waals surface area (Å²) in [7, 11) is 0. The van der Waals surface area contributed by atoms with Crippen LogP contribution >= 0.6 is 0 Å². The summed E-state index contributed by atoms with van der Waals surface area (Å²) in [6.45, 7) is 2.33. The van der Waals surface area contributed by atoms with Crippen molar-refractivity contribution >= 4 is 11.8 Å². The van der Waals surface area contributed by atoms with Crippen LogP contribution in [0.1, 0.15) is 39.8 Å². The first kappa shape index (κ1) is 20.0. The molecule has 158 valence electrons. The van der Waals surface area contributed by atoms with Crippen molar-refractivity contribution in [3.05, 3.63) is 63.1 Å². The first-order valence-electron chi connectivity index (χ1n) is 9.40. The predicted molar refractivity (Wildman–Crippen MR) is 99.9 cm³/mol. The van der Waals surface area contributed by atoms with Crippen LogP contribution in [0.2, 0.25) is 0 Å². The van der Waals surface area contributed by atoms with Crippen LogP contribution in [0.3, 0.4) is 0 Å². The summed E-state index contributed by atoms with van der Waals surface area (Å²) < 4.78 is 33.3. The number of pyridine rings is 1. The molecule has 3 heterocycles. The maximum atomic E-state index is 13.3. The van der Waals surface area contributed by atoms with Crippen LogP contribution in [-0.2, 0) is 17.8 Å². The molecule has 10 heteroatoms. The molecule has 0 spiro atoms. The molecule has 8 nitrogen and oxygen atoms in total. The van der Waals surface area contributed by atoms with E-state index in [-0.39, 0.29) is 30.4 Å². The summed E-state index contributed by atoms with van der Waals surface area (Å²) in [4.78, 5) is 39.4. The third-order valence-corrected chi connectivity index (χ3v) is 5.36. The van der Waals surface area contributed by atoms with Gasteiger partial charge >= 0.3 is 0 Å². The summed E-state index contributed by atoms with van der Waals surface area (Å²) >= 11 is 0. The van der Waals surface area contributed by atoms with E-state index in [1.165, 1.54) is 21.7 Å². The number of nitrogens with zero attached hydrogens (tertiary/aromatic N) is 2. The summed E-state index contributed by atoms with van der Waals surface area (Å²) in [6.07, 6.45) is 1.28. The first-order chi connectivity index (χ1) is 14.3. The fraction of sp³-hybridized carbons (Fsp3) is 0.350. The molecule has 2 aromatic rings. The lowest BCUT2D eigenvalue weighted by Gasteiger charge is -2.44. The minimum atomic E-state index is -1.06. The summed E-state index contributed by atoms with van der Waals surface area (Å²) in [5.74, 6) is -4.24. The molecule has 1 aromatic heterocycles. The Morgan fingerprint density at radius 2 is 2.07 bits per heavy atom. The topological polar surface area (TPSA) is 101 Å². The van der Waals surface area contributed by atoms with E-state index in [2.05, 4.69) is 5.32 Å². The Bertz CT molecular complexity index is 1100. The minimum Gasteiger partial charge on any atom is -0.503 e. The van der Waals surface area contributed by atoms with Gasteiger partial charge in [0.2, 0.25) is 5.43 Å². The molecule has 1 saturated heterocycles. The number of fused-ring (bicyclic) bond motifs is 2. The second kappa shape index (κ2) is 7.52. The van der Waals surface area contributed by atoms with Crippen LogP contribution in [-0.4, -0.2) is 45.3 Å². The van der Waals surface area contributed by atoms with Crippen molar-refractivity contribution in [3.8, 4) is 5.75 Å². The molecule has 0 bridgehead atoms. The van der Waals surface area contributed by atoms with Crippen molar-refractivity contribution in [1.29, 1.82) is 0 Å². The van der Waals surface area contributed by atoms with E-state index < -0.39 is 40.9 Å². The van der Waals surface area contributed by atoms with E-state index in [1.54, 1.807) is 0 Å². The number of ether oxygens (including phenoxy) is 1. The van der Waals surface area contributed by atoms with E-state index in [4.69, 9.17) is 4.74 Å². The number of carbonyl (C=O) groups is 2. The highest BCUT2D eigenvalue weighted by Crippen LogP contribution is 2.29. The zero-order valence-corrected chi connectivity index (χ0v) is 16.0. The third kappa shape index (κ3) is 3.32. The molecule has 2 atom stereocenters. The van der Waals surface area contributed by atoms with Gasteiger partial charge in [0.1, 0.15) is 5.56 Å². The van der Waals surface area contributed by atoms with Gasteiger partial charge in [0, 0.05) is 18.8 Å². The Morgan fingerprint density at radius 3 is 2.80 bits per heavy atom. The van der Waals surface area contributed by atoms with Crippen molar-refractivity contribution in [3.63, 3.8) is 0 Å². The van der Waals surface area contributed by atoms with Gasteiger partial charge in [0.15, 0.2) is 29.3 Å². The molecule has 0 unspecified atom stereocenters. The lowest BCUT2D eigenvalue weighted by Crippen LogP contribution is -2.57. The van der Waals surface area contributed by atoms with Crippen molar-refractivity contribution < 1.29 is 28.2 Å². The van der Waals surface area contributed by atoms with Crippen molar-refractivity contribution in [2.45, 2.75) is 38.7 Å². The fourth-order valence-corrected chi connectivity index (χ4v) is 3.75. The molecular formula is C20H19F2N3O5. The Balaban J connectivity index is 1.62. The maximum absolute atomic E-state index is 13.3. The SMILES string of the molecule is C[C@@H]1CCO[C@H]2Cn3cc(C(=O)NCc4ccc(F)c(F)c4)c(=O)c(O)c3C(=O)N12. The molecular weight excluding hydrogens is 400 g/mol. The minimum absolute atomic E-state index is 0.112. The summed E-state index contributed by atoms with van der Waals surface area (Å²) in [5.41, 5.74) is -1.25. The molecule has 0 aliphatic carbocycles. The van der Waals surface area contributed by atoms with Crippen LogP contribution < -0.4 is 10.7 Å². The highest BCUT2D eigenvalue weighted by molar-refractivity contribution is 5.99. The van der Waals surface area contributed by atoms with Crippen LogP contribution in [0.15, 0.2) is 29.2 Å². The normalized spacial score (nSPS) is 20.5. The lowest BCUT2D eigenvalue weighted by atomic mass is 10.1. The average molecular weight is 419 g/mol. The number of aromatic nitrogens is 1. The Kier molecular flexibility index (Phi) is 5.02. The van der Waals surface area contributed by atoms with Gasteiger partial charge in [-0.1, -0.05) is 6.07 Å². The van der Waals surface area contributed by atoms with E-state index >= 15 is 0 Å². The van der Waals surface area contributed by atoms with E-state index in [1.807, 2.05) is 6.92 Å². The number of halogens is 2. The van der Waals surface area contributed by atoms with Crippen LogP contribution in [0.5, 0.6) is 5.75 Å². The van der Waals surface area contributed by atoms with Gasteiger partial charge in [0.25, 0.3) is 11.8 Å². The quantitative estimate of drug-likeness (QED) is 0.782. The zero-order valence-electron chi connectivity index (χ0n) is 16.0. The van der Waals surface area contributed by atoms with E-state index in [9.17, 15) is 28.3 Å². The molecule has 0 saturated carbocycles. The second-order valence-corrected chi connectivity index (χ2v) is 7.33. The van der Waals surface area contributed by atoms with Crippen molar-refractivity contribution in [2.75, 3.05) is 6.61 Å². The molecule has 0 radical (unpaired) electrons. The molecule has 2 amide bonds. The van der Waals surface area contributed by atoms with E-state index in [0.717, 1.165) is 12.1 Å². The Labute approximate surface area is 169 Å². The molecule has 1 aromatic carbocycles. The highest BCUT2D eigenvalue weighted by Gasteiger charge is 2.41. The molecule has 2 N–H and O–H groups in total. The standard InChI is InChI=1S/C20H19F2N3O5/c1-10-4-5-30-15-9-24-8-12(17(26)18(27)16(24)20(29)25(10)15)19(28)23-7-11-2-3-13(21)14(22)6-11/h2-3,6,8,10,15,27H,4-5,7,9H2,1H3,(H,23,28)/t10-,15+/m1/s1. The highest BCUT2D eigenvalue weighted by atomic mass is 19.2. The first-order valence-corrected chi connectivity index (χ1v) is 9.40. The van der Waals surface area contributed by atoms with Gasteiger partial charge in [-0.15, -0.1) is 0 Å². The molecule has 2 aliphatic rings. The Hall–Kier alpha value is -3.27. The van der Waals surface area contributed by atoms with Crippen LogP contribution in [0.25, 0.3) is 0 Å². The lowest BCUT2D eigenvalue weighted by molar-refractivity contribution is -0.112. The third-order valence-electron chi connectivity index (χ3n) is 5.36. The van der Waals surface area contributed by atoms with Crippen LogP contribution in [0.4, 0.5) is 8.78 Å². The van der Waals surface area contributed by atoms with Gasteiger partial charge in [-0.25, -0.2) is 8.78 Å². The summed E-state index contributed by atoms with van der Waals surface area (Å²) in [5, 5.41) is 12.8. The van der Waals surface area contributed by atoms with Crippen molar-refractivity contribution in [1.82, 2.24) is 14.8 Å². The number of nitrogens with one attached hydrogen (secondary N) is 1.